The van der Waals surface area contributed by atoms with Gasteiger partial charge < -0.3 is 5.32 Å². The van der Waals surface area contributed by atoms with Gasteiger partial charge in [-0.25, -0.2) is 0 Å². The van der Waals surface area contributed by atoms with Crippen molar-refractivity contribution >= 4 is 11.3 Å². The van der Waals surface area contributed by atoms with Gasteiger partial charge in [0.05, 0.1) is 0 Å². The molecule has 0 radical (unpaired) electrons. The van der Waals surface area contributed by atoms with Crippen LogP contribution in [0.1, 0.15) is 61.9 Å². The maximum absolute atomic E-state index is 3.81. The van der Waals surface area contributed by atoms with Gasteiger partial charge in [0.25, 0.3) is 0 Å². The zero-order valence-electron chi connectivity index (χ0n) is 10.5. The smallest absolute Gasteiger partial charge is 0.0390 e. The van der Waals surface area contributed by atoms with Crippen molar-refractivity contribution in [2.24, 2.45) is 0 Å². The summed E-state index contributed by atoms with van der Waals surface area (Å²) in [7, 11) is 0. The van der Waals surface area contributed by atoms with E-state index >= 15 is 0 Å². The third kappa shape index (κ3) is 3.08. The first kappa shape index (κ1) is 12.1. The topological polar surface area (TPSA) is 12.0 Å². The Morgan fingerprint density at radius 1 is 1.25 bits per heavy atom. The first-order valence-electron chi connectivity index (χ1n) is 6.57. The van der Waals surface area contributed by atoms with Crippen molar-refractivity contribution in [2.45, 2.75) is 64.5 Å². The molecule has 1 unspecified atom stereocenters. The summed E-state index contributed by atoms with van der Waals surface area (Å²) in [5.74, 6) is 0. The van der Waals surface area contributed by atoms with Gasteiger partial charge in [-0.15, -0.1) is 11.3 Å². The molecule has 1 aliphatic carbocycles. The fourth-order valence-electron chi connectivity index (χ4n) is 2.70. The lowest BCUT2D eigenvalue weighted by Gasteiger charge is -2.21. The predicted molar refractivity (Wildman–Crippen MR) is 72.1 cm³/mol. The van der Waals surface area contributed by atoms with E-state index in [0.29, 0.717) is 6.04 Å². The van der Waals surface area contributed by atoms with Gasteiger partial charge in [-0.05, 0) is 43.7 Å². The van der Waals surface area contributed by atoms with Crippen molar-refractivity contribution in [3.05, 3.63) is 21.9 Å². The molecule has 0 aliphatic heterocycles. The first-order valence-corrected chi connectivity index (χ1v) is 7.45. The molecule has 1 N–H and O–H groups in total. The van der Waals surface area contributed by atoms with Crippen LogP contribution in [0.3, 0.4) is 0 Å². The lowest BCUT2D eigenvalue weighted by Crippen LogP contribution is -2.30. The molecule has 1 aromatic heterocycles. The molecular weight excluding hydrogens is 214 g/mol. The molecule has 0 amide bonds. The molecule has 1 aromatic rings. The summed E-state index contributed by atoms with van der Waals surface area (Å²) < 4.78 is 0. The average Bonchev–Trinajstić information content (AvgIpc) is 2.53. The maximum Gasteiger partial charge on any atom is 0.0390 e. The zero-order chi connectivity index (χ0) is 11.4. The van der Waals surface area contributed by atoms with E-state index in [1.165, 1.54) is 49.0 Å². The summed E-state index contributed by atoms with van der Waals surface area (Å²) in [6, 6.07) is 3.51. The summed E-state index contributed by atoms with van der Waals surface area (Å²) in [6.07, 6.45) is 8.43. The van der Waals surface area contributed by atoms with Gasteiger partial charge in [0.1, 0.15) is 0 Å². The normalized spacial score (nSPS) is 20.6. The SMILES string of the molecule is Cc1ccsc1C(C)NC1CCCCCC1. The Morgan fingerprint density at radius 3 is 2.50 bits per heavy atom. The lowest BCUT2D eigenvalue weighted by atomic mass is 10.1. The van der Waals surface area contributed by atoms with Crippen LogP contribution in [0.2, 0.25) is 0 Å². The highest BCUT2D eigenvalue weighted by molar-refractivity contribution is 7.10. The van der Waals surface area contributed by atoms with Gasteiger partial charge in [-0.2, -0.15) is 0 Å². The van der Waals surface area contributed by atoms with Crippen molar-refractivity contribution in [3.63, 3.8) is 0 Å². The molecule has 90 valence electrons. The number of nitrogens with one attached hydrogen (secondary N) is 1. The fourth-order valence-corrected chi connectivity index (χ4v) is 3.65. The number of hydrogen-bond donors (Lipinski definition) is 1. The van der Waals surface area contributed by atoms with Gasteiger partial charge in [0.2, 0.25) is 0 Å². The number of thiophene rings is 1. The van der Waals surface area contributed by atoms with Crippen molar-refractivity contribution in [3.8, 4) is 0 Å². The van der Waals surface area contributed by atoms with E-state index in [0.717, 1.165) is 6.04 Å². The maximum atomic E-state index is 3.81. The van der Waals surface area contributed by atoms with Crippen LogP contribution < -0.4 is 5.32 Å². The Labute approximate surface area is 103 Å². The minimum atomic E-state index is 0.531. The largest absolute Gasteiger partial charge is 0.307 e. The van der Waals surface area contributed by atoms with Gasteiger partial charge in [-0.3, -0.25) is 0 Å². The molecule has 0 aromatic carbocycles. The van der Waals surface area contributed by atoms with Crippen molar-refractivity contribution in [2.75, 3.05) is 0 Å². The van der Waals surface area contributed by atoms with Crippen LogP contribution in [0, 0.1) is 6.92 Å². The van der Waals surface area contributed by atoms with Crippen LogP contribution in [-0.2, 0) is 0 Å². The van der Waals surface area contributed by atoms with E-state index in [2.05, 4.69) is 30.6 Å². The van der Waals surface area contributed by atoms with E-state index < -0.39 is 0 Å². The highest BCUT2D eigenvalue weighted by Crippen LogP contribution is 2.26. The molecule has 1 atom stereocenters. The third-order valence-corrected chi connectivity index (χ3v) is 4.84. The molecule has 2 heteroatoms. The van der Waals surface area contributed by atoms with Crippen LogP contribution in [-0.4, -0.2) is 6.04 Å². The number of aryl methyl sites for hydroxylation is 1. The van der Waals surface area contributed by atoms with Gasteiger partial charge in [0.15, 0.2) is 0 Å². The molecule has 1 saturated carbocycles. The summed E-state index contributed by atoms with van der Waals surface area (Å²) in [5, 5.41) is 6.02. The molecule has 1 fully saturated rings. The van der Waals surface area contributed by atoms with Crippen LogP contribution in [0.25, 0.3) is 0 Å². The minimum absolute atomic E-state index is 0.531. The first-order chi connectivity index (χ1) is 7.77. The van der Waals surface area contributed by atoms with E-state index in [1.54, 1.807) is 0 Å². The van der Waals surface area contributed by atoms with Crippen molar-refractivity contribution in [1.29, 1.82) is 0 Å². The van der Waals surface area contributed by atoms with Crippen molar-refractivity contribution in [1.82, 2.24) is 5.32 Å². The standard InChI is InChI=1S/C14H23NS/c1-11-9-10-16-14(11)12(2)15-13-7-5-3-4-6-8-13/h9-10,12-13,15H,3-8H2,1-2H3. The van der Waals surface area contributed by atoms with Crippen LogP contribution in [0.4, 0.5) is 0 Å². The predicted octanol–water partition coefficient (Wildman–Crippen LogP) is 4.43. The van der Waals surface area contributed by atoms with Crippen LogP contribution in [0.15, 0.2) is 11.4 Å². The molecule has 16 heavy (non-hydrogen) atoms. The molecular formula is C14H23NS. The molecule has 0 bridgehead atoms. The van der Waals surface area contributed by atoms with Crippen LogP contribution >= 0.6 is 11.3 Å². The van der Waals surface area contributed by atoms with E-state index in [9.17, 15) is 0 Å². The Hall–Kier alpha value is -0.340. The van der Waals surface area contributed by atoms with E-state index in [1.807, 2.05) is 11.3 Å². The van der Waals surface area contributed by atoms with Gasteiger partial charge >= 0.3 is 0 Å². The molecule has 1 nitrogen and oxygen atoms in total. The Morgan fingerprint density at radius 2 is 1.94 bits per heavy atom. The minimum Gasteiger partial charge on any atom is -0.307 e. The summed E-state index contributed by atoms with van der Waals surface area (Å²) >= 11 is 1.89. The highest BCUT2D eigenvalue weighted by atomic mass is 32.1. The monoisotopic (exact) mass is 237 g/mol. The number of rotatable bonds is 3. The van der Waals surface area contributed by atoms with E-state index in [-0.39, 0.29) is 0 Å². The molecule has 1 heterocycles. The summed E-state index contributed by atoms with van der Waals surface area (Å²) in [5.41, 5.74) is 1.44. The summed E-state index contributed by atoms with van der Waals surface area (Å²) in [4.78, 5) is 1.52. The summed E-state index contributed by atoms with van der Waals surface area (Å²) in [6.45, 7) is 4.53. The van der Waals surface area contributed by atoms with Gasteiger partial charge in [0, 0.05) is 17.0 Å². The lowest BCUT2D eigenvalue weighted by molar-refractivity contribution is 0.416. The van der Waals surface area contributed by atoms with Crippen LogP contribution in [0.5, 0.6) is 0 Å². The average molecular weight is 237 g/mol. The Kier molecular flexibility index (Phi) is 4.42. The molecule has 0 spiro atoms. The highest BCUT2D eigenvalue weighted by Gasteiger charge is 2.16. The third-order valence-electron chi connectivity index (χ3n) is 3.64. The molecule has 1 aliphatic rings. The fraction of sp³-hybridized carbons (Fsp3) is 0.714. The van der Waals surface area contributed by atoms with Crippen molar-refractivity contribution < 1.29 is 0 Å². The Bertz CT molecular complexity index is 310. The second-order valence-corrected chi connectivity index (χ2v) is 5.99. The molecule has 0 saturated heterocycles. The van der Waals surface area contributed by atoms with Gasteiger partial charge in [-0.1, -0.05) is 25.7 Å². The number of hydrogen-bond acceptors (Lipinski definition) is 2. The second kappa shape index (κ2) is 5.83. The second-order valence-electron chi connectivity index (χ2n) is 5.04. The van der Waals surface area contributed by atoms with E-state index in [4.69, 9.17) is 0 Å². The quantitative estimate of drug-likeness (QED) is 0.767. The Balaban J connectivity index is 1.91. The molecule has 2 rings (SSSR count). The zero-order valence-corrected chi connectivity index (χ0v) is 11.3.